The molecule has 0 spiro atoms. The molecule has 1 aliphatic rings. The molecule has 2 aromatic heterocycles. The molecule has 1 aromatic carbocycles. The van der Waals surface area contributed by atoms with Crippen LogP contribution in [0.15, 0.2) is 42.6 Å². The third-order valence-corrected chi connectivity index (χ3v) is 5.05. The number of carbonyl (C=O) groups excluding carboxylic acids is 1. The van der Waals surface area contributed by atoms with Gasteiger partial charge in [-0.3, -0.25) is 4.79 Å². The zero-order valence-corrected chi connectivity index (χ0v) is 15.0. The molecule has 3 aromatic rings. The number of nitrogens with zero attached hydrogens (tertiary/aromatic N) is 4. The molecular weight excluding hydrogens is 345 g/mol. The molecule has 1 saturated heterocycles. The van der Waals surface area contributed by atoms with E-state index in [0.717, 1.165) is 23.1 Å². The predicted molar refractivity (Wildman–Crippen MR) is 101 cm³/mol. The van der Waals surface area contributed by atoms with Gasteiger partial charge in [0.25, 0.3) is 0 Å². The van der Waals surface area contributed by atoms with E-state index >= 15 is 0 Å². The highest BCUT2D eigenvalue weighted by atomic mass is 19.1. The molecule has 0 saturated carbocycles. The van der Waals surface area contributed by atoms with Gasteiger partial charge in [0.15, 0.2) is 5.65 Å². The molecule has 1 atom stereocenters. The van der Waals surface area contributed by atoms with Crippen LogP contribution in [0.3, 0.4) is 0 Å². The number of rotatable bonds is 5. The fraction of sp³-hybridized carbons (Fsp3) is 0.350. The van der Waals surface area contributed by atoms with Gasteiger partial charge in [-0.1, -0.05) is 12.1 Å². The molecule has 3 heterocycles. The minimum Gasteiger partial charge on any atom is -0.342 e. The van der Waals surface area contributed by atoms with Gasteiger partial charge in [0.2, 0.25) is 5.91 Å². The zero-order chi connectivity index (χ0) is 18.8. The average molecular weight is 367 g/mol. The summed E-state index contributed by atoms with van der Waals surface area (Å²) in [5, 5.41) is 5.76. The van der Waals surface area contributed by atoms with Crippen molar-refractivity contribution in [2.45, 2.75) is 25.3 Å². The number of pyridine rings is 1. The van der Waals surface area contributed by atoms with E-state index in [1.54, 1.807) is 18.3 Å². The highest BCUT2D eigenvalue weighted by Gasteiger charge is 2.30. The van der Waals surface area contributed by atoms with E-state index in [9.17, 15) is 9.18 Å². The summed E-state index contributed by atoms with van der Waals surface area (Å²) in [6, 6.07) is 10.1. The SMILES string of the molecule is NCCn1nc(C2CCN(C(=O)Cc3cccc(F)c3)C2)c2cccnc21. The Morgan fingerprint density at radius 1 is 1.30 bits per heavy atom. The van der Waals surface area contributed by atoms with Crippen molar-refractivity contribution in [3.8, 4) is 0 Å². The van der Waals surface area contributed by atoms with Crippen LogP contribution >= 0.6 is 0 Å². The van der Waals surface area contributed by atoms with Gasteiger partial charge < -0.3 is 10.6 Å². The highest BCUT2D eigenvalue weighted by Crippen LogP contribution is 2.31. The van der Waals surface area contributed by atoms with Crippen molar-refractivity contribution in [3.05, 3.63) is 59.7 Å². The van der Waals surface area contributed by atoms with Gasteiger partial charge in [0.05, 0.1) is 18.7 Å². The van der Waals surface area contributed by atoms with Crippen LogP contribution in [-0.2, 0) is 17.8 Å². The normalized spacial score (nSPS) is 17.0. The van der Waals surface area contributed by atoms with Crippen LogP contribution in [0.1, 0.15) is 23.6 Å². The fourth-order valence-corrected chi connectivity index (χ4v) is 3.76. The van der Waals surface area contributed by atoms with Gasteiger partial charge in [-0.15, -0.1) is 0 Å². The van der Waals surface area contributed by atoms with Crippen LogP contribution in [0, 0.1) is 5.82 Å². The maximum atomic E-state index is 13.3. The lowest BCUT2D eigenvalue weighted by Gasteiger charge is -2.16. The Hall–Kier alpha value is -2.80. The second kappa shape index (κ2) is 7.44. The second-order valence-corrected chi connectivity index (χ2v) is 6.90. The molecule has 7 heteroatoms. The third-order valence-electron chi connectivity index (χ3n) is 5.05. The molecule has 6 nitrogen and oxygen atoms in total. The lowest BCUT2D eigenvalue weighted by atomic mass is 10.0. The van der Waals surface area contributed by atoms with Crippen LogP contribution in [0.5, 0.6) is 0 Å². The van der Waals surface area contributed by atoms with Crippen molar-refractivity contribution >= 4 is 16.9 Å². The molecule has 0 radical (unpaired) electrons. The fourth-order valence-electron chi connectivity index (χ4n) is 3.76. The minimum atomic E-state index is -0.316. The zero-order valence-electron chi connectivity index (χ0n) is 15.0. The number of benzene rings is 1. The number of likely N-dealkylation sites (tertiary alicyclic amines) is 1. The van der Waals surface area contributed by atoms with Crippen molar-refractivity contribution in [1.29, 1.82) is 0 Å². The topological polar surface area (TPSA) is 77.0 Å². The summed E-state index contributed by atoms with van der Waals surface area (Å²) in [6.07, 6.45) is 2.83. The summed E-state index contributed by atoms with van der Waals surface area (Å²) in [6.45, 7) is 2.42. The lowest BCUT2D eigenvalue weighted by molar-refractivity contribution is -0.129. The molecule has 27 heavy (non-hydrogen) atoms. The highest BCUT2D eigenvalue weighted by molar-refractivity contribution is 5.81. The van der Waals surface area contributed by atoms with Crippen molar-refractivity contribution in [1.82, 2.24) is 19.7 Å². The van der Waals surface area contributed by atoms with Crippen molar-refractivity contribution in [3.63, 3.8) is 0 Å². The number of halogens is 1. The number of carbonyl (C=O) groups is 1. The first-order chi connectivity index (χ1) is 13.2. The third kappa shape index (κ3) is 3.55. The Kier molecular flexibility index (Phi) is 4.85. The summed E-state index contributed by atoms with van der Waals surface area (Å²) in [4.78, 5) is 18.9. The van der Waals surface area contributed by atoms with E-state index in [1.807, 2.05) is 21.7 Å². The summed E-state index contributed by atoms with van der Waals surface area (Å²) >= 11 is 0. The maximum Gasteiger partial charge on any atom is 0.227 e. The summed E-state index contributed by atoms with van der Waals surface area (Å²) < 4.78 is 15.2. The number of nitrogens with two attached hydrogens (primary N) is 1. The number of amides is 1. The largest absolute Gasteiger partial charge is 0.342 e. The molecule has 4 rings (SSSR count). The Morgan fingerprint density at radius 3 is 3.00 bits per heavy atom. The molecule has 1 fully saturated rings. The summed E-state index contributed by atoms with van der Waals surface area (Å²) in [5.74, 6) is -0.122. The van der Waals surface area contributed by atoms with Gasteiger partial charge in [0.1, 0.15) is 5.82 Å². The molecule has 1 unspecified atom stereocenters. The van der Waals surface area contributed by atoms with Gasteiger partial charge in [-0.25, -0.2) is 14.1 Å². The number of fused-ring (bicyclic) bond motifs is 1. The van der Waals surface area contributed by atoms with Crippen molar-refractivity contribution in [2.24, 2.45) is 5.73 Å². The first-order valence-electron chi connectivity index (χ1n) is 9.19. The number of hydrogen-bond acceptors (Lipinski definition) is 4. The summed E-state index contributed by atoms with van der Waals surface area (Å²) in [5.41, 5.74) is 8.21. The first kappa shape index (κ1) is 17.6. The Morgan fingerprint density at radius 2 is 2.19 bits per heavy atom. The molecule has 0 bridgehead atoms. The molecular formula is C20H22FN5O. The predicted octanol–water partition coefficient (Wildman–Crippen LogP) is 2.09. The van der Waals surface area contributed by atoms with Crippen LogP contribution in [0.25, 0.3) is 11.0 Å². The minimum absolute atomic E-state index is 0.0203. The monoisotopic (exact) mass is 367 g/mol. The smallest absolute Gasteiger partial charge is 0.227 e. The van der Waals surface area contributed by atoms with Gasteiger partial charge >= 0.3 is 0 Å². The molecule has 1 aliphatic heterocycles. The van der Waals surface area contributed by atoms with Crippen LogP contribution in [-0.4, -0.2) is 45.2 Å². The first-order valence-corrected chi connectivity index (χ1v) is 9.19. The van der Waals surface area contributed by atoms with E-state index in [2.05, 4.69) is 4.98 Å². The van der Waals surface area contributed by atoms with E-state index in [1.165, 1.54) is 12.1 Å². The lowest BCUT2D eigenvalue weighted by Crippen LogP contribution is -2.30. The molecule has 1 amide bonds. The van der Waals surface area contributed by atoms with Gasteiger partial charge in [0, 0.05) is 37.1 Å². The second-order valence-electron chi connectivity index (χ2n) is 6.90. The molecule has 140 valence electrons. The average Bonchev–Trinajstić information content (AvgIpc) is 3.28. The summed E-state index contributed by atoms with van der Waals surface area (Å²) in [7, 11) is 0. The standard InChI is InChI=1S/C20H22FN5O/c21-16-4-1-3-14(11-16)12-18(27)25-9-6-15(13-25)19-17-5-2-8-23-20(17)26(24-19)10-7-22/h1-5,8,11,15H,6-7,9-10,12-13,22H2. The Balaban J connectivity index is 1.51. The quantitative estimate of drug-likeness (QED) is 0.749. The number of aromatic nitrogens is 3. The van der Waals surface area contributed by atoms with E-state index in [0.29, 0.717) is 31.7 Å². The maximum absolute atomic E-state index is 13.3. The van der Waals surface area contributed by atoms with Crippen LogP contribution in [0.2, 0.25) is 0 Å². The van der Waals surface area contributed by atoms with E-state index in [4.69, 9.17) is 10.8 Å². The Bertz CT molecular complexity index is 970. The van der Waals surface area contributed by atoms with Crippen LogP contribution in [0.4, 0.5) is 4.39 Å². The van der Waals surface area contributed by atoms with Crippen molar-refractivity contribution < 1.29 is 9.18 Å². The van der Waals surface area contributed by atoms with Gasteiger partial charge in [-0.2, -0.15) is 5.10 Å². The Labute approximate surface area is 156 Å². The van der Waals surface area contributed by atoms with Gasteiger partial charge in [-0.05, 0) is 36.2 Å². The number of hydrogen-bond donors (Lipinski definition) is 1. The van der Waals surface area contributed by atoms with Crippen molar-refractivity contribution in [2.75, 3.05) is 19.6 Å². The van der Waals surface area contributed by atoms with E-state index < -0.39 is 0 Å². The van der Waals surface area contributed by atoms with Crippen LogP contribution < -0.4 is 5.73 Å². The molecule has 0 aliphatic carbocycles. The van der Waals surface area contributed by atoms with E-state index in [-0.39, 0.29) is 24.1 Å². The molecule has 2 N–H and O–H groups in total.